The third-order valence-corrected chi connectivity index (χ3v) is 5.86. The van der Waals surface area contributed by atoms with E-state index in [9.17, 15) is 23.3 Å². The highest BCUT2D eigenvalue weighted by atomic mass is 79.9. The highest BCUT2D eigenvalue weighted by Gasteiger charge is 2.41. The highest BCUT2D eigenvalue weighted by Crippen LogP contribution is 2.18. The lowest BCUT2D eigenvalue weighted by Gasteiger charge is -2.22. The summed E-state index contributed by atoms with van der Waals surface area (Å²) in [6.45, 7) is 4.14. The second kappa shape index (κ2) is 10.4. The van der Waals surface area contributed by atoms with Gasteiger partial charge in [0, 0.05) is 22.3 Å². The van der Waals surface area contributed by atoms with Gasteiger partial charge in [0.15, 0.2) is 11.1 Å². The number of benzene rings is 1. The van der Waals surface area contributed by atoms with Crippen LogP contribution in [0.25, 0.3) is 0 Å². The highest BCUT2D eigenvalue weighted by molar-refractivity contribution is 9.09. The molecule has 9 nitrogen and oxygen atoms in total. The Morgan fingerprint density at radius 3 is 2.46 bits per heavy atom. The molecule has 0 radical (unpaired) electrons. The second-order valence-electron chi connectivity index (χ2n) is 5.66. The largest absolute Gasteiger partial charge is 0.350 e. The summed E-state index contributed by atoms with van der Waals surface area (Å²) in [5.74, 6) is -0.740. The summed E-state index contributed by atoms with van der Waals surface area (Å²) in [4.78, 5) is 23.4. The summed E-state index contributed by atoms with van der Waals surface area (Å²) < 4.78 is 25.1. The first-order valence-corrected chi connectivity index (χ1v) is 10.6. The van der Waals surface area contributed by atoms with E-state index in [-0.39, 0.29) is 15.4 Å². The van der Waals surface area contributed by atoms with E-state index in [0.29, 0.717) is 6.54 Å². The Bertz CT molecular complexity index is 701. The van der Waals surface area contributed by atoms with Gasteiger partial charge < -0.3 is 10.6 Å². The van der Waals surface area contributed by atoms with Gasteiger partial charge in [0.05, 0.1) is 4.90 Å². The fourth-order valence-corrected chi connectivity index (χ4v) is 3.85. The van der Waals surface area contributed by atoms with Gasteiger partial charge in [-0.05, 0) is 38.9 Å². The number of halogens is 1. The summed E-state index contributed by atoms with van der Waals surface area (Å²) in [7, 11) is -4.45. The Morgan fingerprint density at radius 2 is 1.92 bits per heavy atom. The number of sulfonamides is 1. The zero-order valence-corrected chi connectivity index (χ0v) is 17.0. The molecule has 0 aliphatic heterocycles. The van der Waals surface area contributed by atoms with Gasteiger partial charge in [-0.2, -0.15) is 8.42 Å². The van der Waals surface area contributed by atoms with Crippen LogP contribution in [0.3, 0.4) is 0 Å². The van der Waals surface area contributed by atoms with Crippen LogP contribution in [0.15, 0.2) is 35.2 Å². The van der Waals surface area contributed by atoms with Crippen LogP contribution in [-0.2, 0) is 14.8 Å². The van der Waals surface area contributed by atoms with Crippen molar-refractivity contribution in [2.75, 3.05) is 18.4 Å². The lowest BCUT2D eigenvalue weighted by molar-refractivity contribution is -0.624. The van der Waals surface area contributed by atoms with Gasteiger partial charge in [0.1, 0.15) is 0 Å². The van der Waals surface area contributed by atoms with Gasteiger partial charge in [-0.3, -0.25) is 4.79 Å². The SMILES string of the molecule is CC(CNCCCBr)NC(=O)C(C)N([N+](=O)[O-])S(=O)(=O)c1ccccc1. The van der Waals surface area contributed by atoms with Crippen LogP contribution in [-0.4, -0.2) is 54.3 Å². The third kappa shape index (κ3) is 6.22. The maximum Gasteiger partial charge on any atom is 0.314 e. The van der Waals surface area contributed by atoms with Gasteiger partial charge in [0.25, 0.3) is 0 Å². The fourth-order valence-electron chi connectivity index (χ4n) is 2.16. The van der Waals surface area contributed by atoms with Crippen LogP contribution in [0.5, 0.6) is 0 Å². The van der Waals surface area contributed by atoms with E-state index in [1.165, 1.54) is 31.2 Å². The van der Waals surface area contributed by atoms with Gasteiger partial charge in [0.2, 0.25) is 5.91 Å². The van der Waals surface area contributed by atoms with Crippen molar-refractivity contribution in [1.82, 2.24) is 15.0 Å². The normalized spacial score (nSPS) is 13.7. The molecule has 2 unspecified atom stereocenters. The number of nitrogens with zero attached hydrogens (tertiary/aromatic N) is 2. The van der Waals surface area contributed by atoms with Gasteiger partial charge >= 0.3 is 10.0 Å². The molecule has 1 amide bonds. The van der Waals surface area contributed by atoms with Crippen molar-refractivity contribution in [3.05, 3.63) is 40.4 Å². The molecule has 1 aromatic rings. The number of rotatable bonds is 11. The molecule has 1 aromatic carbocycles. The minimum Gasteiger partial charge on any atom is -0.350 e. The average Bonchev–Trinajstić information content (AvgIpc) is 2.59. The Labute approximate surface area is 161 Å². The van der Waals surface area contributed by atoms with Gasteiger partial charge in [-0.15, -0.1) is 0 Å². The first-order chi connectivity index (χ1) is 12.2. The van der Waals surface area contributed by atoms with Crippen molar-refractivity contribution in [1.29, 1.82) is 0 Å². The zero-order valence-electron chi connectivity index (χ0n) is 14.6. The number of carbonyl (C=O) groups excluding carboxylic acids is 1. The predicted octanol–water partition coefficient (Wildman–Crippen LogP) is 1.14. The Morgan fingerprint density at radius 1 is 1.31 bits per heavy atom. The van der Waals surface area contributed by atoms with Gasteiger partial charge in [-0.25, -0.2) is 10.1 Å². The second-order valence-corrected chi connectivity index (χ2v) is 8.25. The molecule has 2 atom stereocenters. The molecule has 0 aliphatic rings. The number of hydrazine groups is 1. The minimum absolute atomic E-state index is 0.0113. The lowest BCUT2D eigenvalue weighted by atomic mass is 10.2. The molecule has 0 spiro atoms. The quantitative estimate of drug-likeness (QED) is 0.225. The van der Waals surface area contributed by atoms with E-state index in [0.717, 1.165) is 18.3 Å². The van der Waals surface area contributed by atoms with E-state index < -0.39 is 27.0 Å². The van der Waals surface area contributed by atoms with Crippen LogP contribution in [0, 0.1) is 10.1 Å². The monoisotopic (exact) mass is 450 g/mol. The van der Waals surface area contributed by atoms with E-state index in [2.05, 4.69) is 26.6 Å². The first kappa shape index (κ1) is 22.3. The molecule has 2 N–H and O–H groups in total. The smallest absolute Gasteiger partial charge is 0.314 e. The van der Waals surface area contributed by atoms with Crippen molar-refractivity contribution in [2.24, 2.45) is 0 Å². The van der Waals surface area contributed by atoms with Gasteiger partial charge in [-0.1, -0.05) is 34.1 Å². The third-order valence-electron chi connectivity index (χ3n) is 3.49. The van der Waals surface area contributed by atoms with Crippen molar-refractivity contribution in [3.63, 3.8) is 0 Å². The topological polar surface area (TPSA) is 122 Å². The number of hydrogen-bond donors (Lipinski definition) is 2. The molecule has 0 heterocycles. The number of nitro groups is 1. The molecule has 146 valence electrons. The molecule has 0 aliphatic carbocycles. The van der Waals surface area contributed by atoms with E-state index >= 15 is 0 Å². The van der Waals surface area contributed by atoms with E-state index in [4.69, 9.17) is 0 Å². The Kier molecular flexibility index (Phi) is 8.96. The number of alkyl halides is 1. The molecular weight excluding hydrogens is 428 g/mol. The molecule has 11 heteroatoms. The molecule has 0 fully saturated rings. The molecule has 26 heavy (non-hydrogen) atoms. The minimum atomic E-state index is -4.45. The molecule has 0 aromatic heterocycles. The fraction of sp³-hybridized carbons (Fsp3) is 0.533. The standard InChI is InChI=1S/C15H23BrN4O5S/c1-12(11-17-10-6-9-16)18-15(21)13(2)19(20(22)23)26(24,25)14-7-4-3-5-8-14/h3-5,7-8,12-13,17H,6,9-11H2,1-2H3,(H,18,21). The molecular formula is C15H23BrN4O5S. The van der Waals surface area contributed by atoms with E-state index in [1.54, 1.807) is 13.0 Å². The molecule has 1 rings (SSSR count). The summed E-state index contributed by atoms with van der Waals surface area (Å²) in [6.07, 6.45) is 0.918. The van der Waals surface area contributed by atoms with Crippen LogP contribution in [0.1, 0.15) is 20.3 Å². The van der Waals surface area contributed by atoms with Crippen molar-refractivity contribution < 1.29 is 18.2 Å². The summed E-state index contributed by atoms with van der Waals surface area (Å²) in [6, 6.07) is 5.18. The summed E-state index contributed by atoms with van der Waals surface area (Å²) in [5, 5.41) is 16.8. The maximum atomic E-state index is 12.5. The van der Waals surface area contributed by atoms with Crippen LogP contribution >= 0.6 is 15.9 Å². The lowest BCUT2D eigenvalue weighted by Crippen LogP contribution is -2.53. The molecule has 0 bridgehead atoms. The average molecular weight is 451 g/mol. The number of carbonyl (C=O) groups is 1. The number of hydrogen-bond acceptors (Lipinski definition) is 6. The predicted molar refractivity (Wildman–Crippen MR) is 101 cm³/mol. The number of nitrogens with one attached hydrogen (secondary N) is 2. The molecule has 0 saturated carbocycles. The summed E-state index contributed by atoms with van der Waals surface area (Å²) >= 11 is 3.31. The zero-order chi connectivity index (χ0) is 19.7. The van der Waals surface area contributed by atoms with Crippen LogP contribution in [0.2, 0.25) is 0 Å². The van der Waals surface area contributed by atoms with Crippen LogP contribution < -0.4 is 10.6 Å². The summed E-state index contributed by atoms with van der Waals surface area (Å²) in [5.41, 5.74) is 0. The Hall–Kier alpha value is -1.72. The van der Waals surface area contributed by atoms with Crippen LogP contribution in [0.4, 0.5) is 0 Å². The Balaban J connectivity index is 2.84. The number of amides is 1. The maximum absolute atomic E-state index is 12.5. The first-order valence-electron chi connectivity index (χ1n) is 8.02. The molecule has 0 saturated heterocycles. The van der Waals surface area contributed by atoms with Crippen molar-refractivity contribution in [3.8, 4) is 0 Å². The van der Waals surface area contributed by atoms with Crippen molar-refractivity contribution >= 4 is 31.9 Å². The van der Waals surface area contributed by atoms with Crippen molar-refractivity contribution in [2.45, 2.75) is 37.2 Å². The van der Waals surface area contributed by atoms with E-state index in [1.807, 2.05) is 0 Å².